The highest BCUT2D eigenvalue weighted by Crippen LogP contribution is 2.39. The number of rotatable bonds is 25. The minimum atomic E-state index is -0.887. The predicted molar refractivity (Wildman–Crippen MR) is 180 cm³/mol. The molecule has 0 bridgehead atoms. The summed E-state index contributed by atoms with van der Waals surface area (Å²) in [6.07, 6.45) is 17.7. The molecule has 9 heteroatoms. The smallest absolute Gasteiger partial charge is 0.331 e. The Bertz CT molecular complexity index is 971. The number of ether oxygens (including phenoxy) is 1. The molecule has 2 N–H and O–H groups in total. The Hall–Kier alpha value is -1.39. The van der Waals surface area contributed by atoms with Gasteiger partial charge in [0.05, 0.1) is 25.8 Å². The van der Waals surface area contributed by atoms with Gasteiger partial charge in [-0.25, -0.2) is 9.69 Å². The first-order valence-corrected chi connectivity index (χ1v) is 18.1. The molecule has 0 saturated carbocycles. The standard InChI is InChI=1S/C35H68N4O5/c1-7-34(8-2,20-13-16-24-37-26-27-39(43,12-6)33(37)42)21-14-17-28-44-29-18-15-22-35(9-3,10-4)23-19-25-38-31(40)30-36(11-5)32(38)41/h30,33,40,42H,7-29H2,1-6H3. The summed E-state index contributed by atoms with van der Waals surface area (Å²) in [5.41, 5.74) is 0.566. The number of nitrogens with zero attached hydrogens (tertiary/aromatic N) is 4. The second-order valence-electron chi connectivity index (χ2n) is 13.6. The number of hydrogen-bond acceptors (Lipinski definition) is 6. The fraction of sp³-hybridized carbons (Fsp3) is 0.914. The first-order chi connectivity index (χ1) is 21.1. The van der Waals surface area contributed by atoms with Crippen LogP contribution in [0.2, 0.25) is 0 Å². The van der Waals surface area contributed by atoms with E-state index >= 15 is 0 Å². The van der Waals surface area contributed by atoms with Crippen LogP contribution in [0.5, 0.6) is 5.88 Å². The molecule has 2 heterocycles. The molecule has 9 nitrogen and oxygen atoms in total. The number of unbranched alkanes of at least 4 members (excludes halogenated alkanes) is 3. The van der Waals surface area contributed by atoms with Crippen LogP contribution in [0.25, 0.3) is 0 Å². The molecule has 0 spiro atoms. The lowest BCUT2D eigenvalue weighted by Crippen LogP contribution is -2.50. The summed E-state index contributed by atoms with van der Waals surface area (Å²) >= 11 is 0. The molecule has 1 aromatic rings. The Balaban J connectivity index is 1.60. The van der Waals surface area contributed by atoms with Crippen molar-refractivity contribution >= 4 is 0 Å². The van der Waals surface area contributed by atoms with Crippen molar-refractivity contribution < 1.29 is 19.6 Å². The van der Waals surface area contributed by atoms with Gasteiger partial charge < -0.3 is 24.8 Å². The zero-order valence-electron chi connectivity index (χ0n) is 29.3. The maximum absolute atomic E-state index is 12.5. The Labute approximate surface area is 268 Å². The van der Waals surface area contributed by atoms with E-state index in [9.17, 15) is 20.2 Å². The van der Waals surface area contributed by atoms with Crippen LogP contribution in [0.3, 0.4) is 0 Å². The Morgan fingerprint density at radius 3 is 1.82 bits per heavy atom. The number of likely N-dealkylation sites (N-methyl/N-ethyl adjacent to an activating group) is 1. The number of aliphatic hydroxyl groups is 1. The van der Waals surface area contributed by atoms with Crippen LogP contribution in [0.15, 0.2) is 11.0 Å². The van der Waals surface area contributed by atoms with Crippen LogP contribution in [0.4, 0.5) is 0 Å². The first kappa shape index (κ1) is 38.8. The molecule has 1 aliphatic heterocycles. The summed E-state index contributed by atoms with van der Waals surface area (Å²) in [5, 5.41) is 33.1. The number of aliphatic hydroxyl groups excluding tert-OH is 1. The highest BCUT2D eigenvalue weighted by molar-refractivity contribution is 5.05. The van der Waals surface area contributed by atoms with E-state index in [2.05, 4.69) is 27.7 Å². The van der Waals surface area contributed by atoms with E-state index in [4.69, 9.17) is 4.74 Å². The molecule has 1 aromatic heterocycles. The van der Waals surface area contributed by atoms with Gasteiger partial charge in [0, 0.05) is 32.8 Å². The Kier molecular flexibility index (Phi) is 17.0. The van der Waals surface area contributed by atoms with Gasteiger partial charge in [0.1, 0.15) is 0 Å². The van der Waals surface area contributed by atoms with Crippen molar-refractivity contribution in [2.24, 2.45) is 10.8 Å². The molecule has 0 amide bonds. The van der Waals surface area contributed by atoms with Crippen LogP contribution >= 0.6 is 0 Å². The lowest BCUT2D eigenvalue weighted by molar-refractivity contribution is -0.919. The van der Waals surface area contributed by atoms with Crippen LogP contribution in [0, 0.1) is 16.0 Å². The maximum Gasteiger partial charge on any atom is 0.331 e. The molecule has 0 aromatic carbocycles. The molecule has 2 atom stereocenters. The Morgan fingerprint density at radius 2 is 1.36 bits per heavy atom. The summed E-state index contributed by atoms with van der Waals surface area (Å²) in [4.78, 5) is 14.4. The van der Waals surface area contributed by atoms with E-state index < -0.39 is 11.0 Å². The van der Waals surface area contributed by atoms with Crippen molar-refractivity contribution in [1.29, 1.82) is 0 Å². The third-order valence-corrected chi connectivity index (χ3v) is 11.4. The molecule has 1 aliphatic rings. The summed E-state index contributed by atoms with van der Waals surface area (Å²) in [7, 11) is 0. The minimum absolute atomic E-state index is 0.0712. The molecule has 258 valence electrons. The molecule has 1 fully saturated rings. The molecule has 2 unspecified atom stereocenters. The van der Waals surface area contributed by atoms with Gasteiger partial charge in [0.2, 0.25) is 5.88 Å². The summed E-state index contributed by atoms with van der Waals surface area (Å²) in [6, 6.07) is 0. The average Bonchev–Trinajstić information content (AvgIpc) is 3.49. The highest BCUT2D eigenvalue weighted by atomic mass is 16.6. The van der Waals surface area contributed by atoms with E-state index in [1.165, 1.54) is 49.3 Å². The molecule has 1 saturated heterocycles. The minimum Gasteiger partial charge on any atom is -0.630 e. The van der Waals surface area contributed by atoms with Crippen molar-refractivity contribution in [1.82, 2.24) is 14.0 Å². The van der Waals surface area contributed by atoms with Gasteiger partial charge in [-0.2, -0.15) is 0 Å². The molecule has 0 radical (unpaired) electrons. The third kappa shape index (κ3) is 10.9. The predicted octanol–water partition coefficient (Wildman–Crippen LogP) is 7.22. The van der Waals surface area contributed by atoms with Gasteiger partial charge in [-0.05, 0) is 76.0 Å². The van der Waals surface area contributed by atoms with Gasteiger partial charge in [-0.3, -0.25) is 9.13 Å². The molecule has 0 aliphatic carbocycles. The molecule has 2 rings (SSSR count). The van der Waals surface area contributed by atoms with Gasteiger partial charge in [-0.1, -0.05) is 72.6 Å². The fourth-order valence-corrected chi connectivity index (χ4v) is 7.43. The van der Waals surface area contributed by atoms with E-state index in [-0.39, 0.29) is 11.6 Å². The van der Waals surface area contributed by atoms with E-state index in [0.29, 0.717) is 43.6 Å². The first-order valence-electron chi connectivity index (χ1n) is 18.1. The van der Waals surface area contributed by atoms with Crippen LogP contribution in [0.1, 0.15) is 138 Å². The van der Waals surface area contributed by atoms with Gasteiger partial charge in [0.15, 0.2) is 0 Å². The normalized spacial score (nSPS) is 19.8. The van der Waals surface area contributed by atoms with Crippen molar-refractivity contribution in [2.75, 3.05) is 39.4 Å². The summed E-state index contributed by atoms with van der Waals surface area (Å²) in [5.74, 6) is 0.0712. The molecular weight excluding hydrogens is 556 g/mol. The molecular formula is C35H68N4O5. The average molecular weight is 625 g/mol. The van der Waals surface area contributed by atoms with Crippen LogP contribution in [-0.4, -0.2) is 74.6 Å². The maximum atomic E-state index is 12.5. The fourth-order valence-electron chi connectivity index (χ4n) is 7.43. The largest absolute Gasteiger partial charge is 0.630 e. The second kappa shape index (κ2) is 19.3. The van der Waals surface area contributed by atoms with E-state index in [1.807, 2.05) is 18.7 Å². The van der Waals surface area contributed by atoms with Gasteiger partial charge >= 0.3 is 5.69 Å². The zero-order valence-corrected chi connectivity index (χ0v) is 29.3. The molecule has 44 heavy (non-hydrogen) atoms. The van der Waals surface area contributed by atoms with Crippen LogP contribution in [-0.2, 0) is 17.8 Å². The third-order valence-electron chi connectivity index (χ3n) is 11.4. The topological polar surface area (TPSA) is 103 Å². The quantitative estimate of drug-likeness (QED) is 0.0676. The van der Waals surface area contributed by atoms with Crippen molar-refractivity contribution in [3.8, 4) is 5.88 Å². The summed E-state index contributed by atoms with van der Waals surface area (Å²) < 4.78 is 8.62. The summed E-state index contributed by atoms with van der Waals surface area (Å²) in [6.45, 7) is 18.3. The highest BCUT2D eigenvalue weighted by Gasteiger charge is 2.38. The number of aromatic nitrogens is 2. The number of imidazole rings is 1. The van der Waals surface area contributed by atoms with E-state index in [1.54, 1.807) is 4.57 Å². The second-order valence-corrected chi connectivity index (χ2v) is 13.6. The van der Waals surface area contributed by atoms with Gasteiger partial charge in [-0.15, -0.1) is 0 Å². The van der Waals surface area contributed by atoms with Crippen LogP contribution < -0.4 is 5.69 Å². The lowest BCUT2D eigenvalue weighted by atomic mass is 9.74. The number of quaternary nitrogens is 1. The monoisotopic (exact) mass is 625 g/mol. The van der Waals surface area contributed by atoms with Crippen molar-refractivity contribution in [3.05, 3.63) is 21.9 Å². The van der Waals surface area contributed by atoms with E-state index in [0.717, 1.165) is 77.5 Å². The number of aryl methyl sites for hydroxylation is 1. The number of hydroxylamine groups is 3. The lowest BCUT2D eigenvalue weighted by Gasteiger charge is -2.41. The number of hydrogen-bond donors (Lipinski definition) is 2. The Morgan fingerprint density at radius 1 is 0.841 bits per heavy atom. The zero-order chi connectivity index (χ0) is 32.6. The van der Waals surface area contributed by atoms with Gasteiger partial charge in [0.25, 0.3) is 6.35 Å². The SMILES string of the molecule is CCn1cc(O)n(CCCC(CC)(CC)CCCCOCCCCC(CC)(CC)CCCCN2CC[N+]([O-])(CC)C2O)c1=O. The number of aromatic hydroxyl groups is 1. The van der Waals surface area contributed by atoms with Crippen molar-refractivity contribution in [2.45, 2.75) is 157 Å². The van der Waals surface area contributed by atoms with Crippen molar-refractivity contribution in [3.63, 3.8) is 0 Å².